The fraction of sp³-hybridized carbons (Fsp3) is 0.500. The molecule has 0 spiro atoms. The Labute approximate surface area is 162 Å². The molecule has 10 heteroatoms. The minimum absolute atomic E-state index is 0.0106. The van der Waals surface area contributed by atoms with Crippen molar-refractivity contribution >= 4 is 29.2 Å². The SMILES string of the molecule is COC(=O)C1CCN(C(=O)COC(=O)c2cc([N+](=O)[O-])ccc2N(C)C)CC1. The Morgan fingerprint density at radius 3 is 2.43 bits per heavy atom. The van der Waals surface area contributed by atoms with E-state index in [0.717, 1.165) is 6.07 Å². The first-order valence-electron chi connectivity index (χ1n) is 8.73. The summed E-state index contributed by atoms with van der Waals surface area (Å²) in [6.45, 7) is 0.267. The molecule has 0 unspecified atom stereocenters. The fourth-order valence-electron chi connectivity index (χ4n) is 3.02. The molecule has 0 bridgehead atoms. The highest BCUT2D eigenvalue weighted by Gasteiger charge is 2.28. The number of methoxy groups -OCH3 is 1. The lowest BCUT2D eigenvalue weighted by Gasteiger charge is -2.30. The largest absolute Gasteiger partial charge is 0.469 e. The first-order valence-corrected chi connectivity index (χ1v) is 8.73. The van der Waals surface area contributed by atoms with E-state index in [1.807, 2.05) is 0 Å². The van der Waals surface area contributed by atoms with Crippen LogP contribution >= 0.6 is 0 Å². The van der Waals surface area contributed by atoms with Gasteiger partial charge in [0.2, 0.25) is 0 Å². The smallest absolute Gasteiger partial charge is 0.341 e. The summed E-state index contributed by atoms with van der Waals surface area (Å²) in [5.41, 5.74) is 0.215. The molecule has 1 heterocycles. The zero-order valence-corrected chi connectivity index (χ0v) is 16.0. The summed E-state index contributed by atoms with van der Waals surface area (Å²) in [5, 5.41) is 11.0. The Bertz CT molecular complexity index is 770. The Hall–Kier alpha value is -3.17. The van der Waals surface area contributed by atoms with Crippen molar-refractivity contribution in [3.8, 4) is 0 Å². The Balaban J connectivity index is 1.98. The number of carbonyl (C=O) groups is 3. The molecule has 1 aliphatic rings. The highest BCUT2D eigenvalue weighted by molar-refractivity contribution is 5.97. The number of ether oxygens (including phenoxy) is 2. The molecule has 28 heavy (non-hydrogen) atoms. The van der Waals surface area contributed by atoms with Gasteiger partial charge in [-0.3, -0.25) is 19.7 Å². The molecule has 0 aromatic heterocycles. The molecule has 0 N–H and O–H groups in total. The van der Waals surface area contributed by atoms with Crippen LogP contribution in [0.4, 0.5) is 11.4 Å². The van der Waals surface area contributed by atoms with Crippen molar-refractivity contribution in [2.75, 3.05) is 45.8 Å². The van der Waals surface area contributed by atoms with Crippen LogP contribution in [0.1, 0.15) is 23.2 Å². The number of hydrogen-bond donors (Lipinski definition) is 0. The first-order chi connectivity index (χ1) is 13.2. The maximum absolute atomic E-state index is 12.4. The summed E-state index contributed by atoms with van der Waals surface area (Å²) < 4.78 is 9.80. The van der Waals surface area contributed by atoms with Crippen LogP contribution in [-0.2, 0) is 19.1 Å². The van der Waals surface area contributed by atoms with Crippen LogP contribution in [0, 0.1) is 16.0 Å². The van der Waals surface area contributed by atoms with Crippen molar-refractivity contribution in [2.45, 2.75) is 12.8 Å². The van der Waals surface area contributed by atoms with Crippen LogP contribution in [0.15, 0.2) is 18.2 Å². The minimum atomic E-state index is -0.815. The van der Waals surface area contributed by atoms with Gasteiger partial charge in [-0.15, -0.1) is 0 Å². The van der Waals surface area contributed by atoms with E-state index < -0.39 is 17.5 Å². The van der Waals surface area contributed by atoms with Crippen LogP contribution < -0.4 is 4.90 Å². The van der Waals surface area contributed by atoms with Crippen molar-refractivity contribution < 1.29 is 28.8 Å². The van der Waals surface area contributed by atoms with Gasteiger partial charge in [0.05, 0.1) is 29.2 Å². The molecule has 152 valence electrons. The first kappa shape index (κ1) is 21.1. The van der Waals surface area contributed by atoms with Crippen LogP contribution in [-0.4, -0.2) is 68.6 Å². The summed E-state index contributed by atoms with van der Waals surface area (Å²) in [6.07, 6.45) is 0.976. The van der Waals surface area contributed by atoms with E-state index in [1.165, 1.54) is 24.1 Å². The molecule has 1 aromatic rings. The second kappa shape index (κ2) is 9.16. The topological polar surface area (TPSA) is 119 Å². The Kier molecular flexibility index (Phi) is 6.91. The molecule has 1 fully saturated rings. The Morgan fingerprint density at radius 2 is 1.89 bits per heavy atom. The lowest BCUT2D eigenvalue weighted by Crippen LogP contribution is -2.42. The lowest BCUT2D eigenvalue weighted by molar-refractivity contribution is -0.384. The maximum Gasteiger partial charge on any atom is 0.341 e. The van der Waals surface area contributed by atoms with Crippen molar-refractivity contribution in [2.24, 2.45) is 5.92 Å². The average molecular weight is 393 g/mol. The van der Waals surface area contributed by atoms with E-state index in [1.54, 1.807) is 19.0 Å². The predicted molar refractivity (Wildman–Crippen MR) is 99.0 cm³/mol. The number of carbonyl (C=O) groups excluding carboxylic acids is 3. The molecule has 1 amide bonds. The summed E-state index contributed by atoms with van der Waals surface area (Å²) >= 11 is 0. The molecular weight excluding hydrogens is 370 g/mol. The van der Waals surface area contributed by atoms with E-state index in [-0.39, 0.29) is 29.0 Å². The minimum Gasteiger partial charge on any atom is -0.469 e. The van der Waals surface area contributed by atoms with Gasteiger partial charge < -0.3 is 19.3 Å². The van der Waals surface area contributed by atoms with E-state index in [2.05, 4.69) is 0 Å². The molecule has 2 rings (SSSR count). The molecule has 10 nitrogen and oxygen atoms in total. The number of amides is 1. The highest BCUT2D eigenvalue weighted by atomic mass is 16.6. The molecule has 0 saturated carbocycles. The van der Waals surface area contributed by atoms with Crippen LogP contribution in [0.3, 0.4) is 0 Å². The molecule has 1 saturated heterocycles. The maximum atomic E-state index is 12.4. The van der Waals surface area contributed by atoms with Gasteiger partial charge in [-0.1, -0.05) is 0 Å². The molecule has 1 aliphatic heterocycles. The van der Waals surface area contributed by atoms with Gasteiger partial charge >= 0.3 is 11.9 Å². The van der Waals surface area contributed by atoms with Crippen molar-refractivity contribution in [1.29, 1.82) is 0 Å². The number of hydrogen-bond acceptors (Lipinski definition) is 8. The van der Waals surface area contributed by atoms with Gasteiger partial charge in [-0.25, -0.2) is 4.79 Å². The number of nitro benzene ring substituents is 1. The predicted octanol–water partition coefficient (Wildman–Crippen LogP) is 1.23. The van der Waals surface area contributed by atoms with Gasteiger partial charge in [0.1, 0.15) is 0 Å². The molecule has 0 radical (unpaired) electrons. The lowest BCUT2D eigenvalue weighted by atomic mass is 9.97. The zero-order chi connectivity index (χ0) is 20.8. The van der Waals surface area contributed by atoms with Crippen LogP contribution in [0.5, 0.6) is 0 Å². The van der Waals surface area contributed by atoms with Crippen LogP contribution in [0.25, 0.3) is 0 Å². The Morgan fingerprint density at radius 1 is 1.25 bits per heavy atom. The normalized spacial score (nSPS) is 14.3. The van der Waals surface area contributed by atoms with Gasteiger partial charge in [0.25, 0.3) is 11.6 Å². The average Bonchev–Trinajstić information content (AvgIpc) is 2.70. The summed E-state index contributed by atoms with van der Waals surface area (Å²) in [4.78, 5) is 49.7. The fourth-order valence-corrected chi connectivity index (χ4v) is 3.02. The number of rotatable bonds is 6. The summed E-state index contributed by atoms with van der Waals surface area (Å²) in [5.74, 6) is -1.72. The summed E-state index contributed by atoms with van der Waals surface area (Å²) in [6, 6.07) is 3.88. The van der Waals surface area contributed by atoms with Crippen molar-refractivity contribution in [3.05, 3.63) is 33.9 Å². The van der Waals surface area contributed by atoms with Crippen molar-refractivity contribution in [1.82, 2.24) is 4.90 Å². The van der Waals surface area contributed by atoms with E-state index >= 15 is 0 Å². The van der Waals surface area contributed by atoms with Crippen LogP contribution in [0.2, 0.25) is 0 Å². The highest BCUT2D eigenvalue weighted by Crippen LogP contribution is 2.25. The third kappa shape index (κ3) is 4.96. The number of esters is 2. The number of anilines is 1. The van der Waals surface area contributed by atoms with Gasteiger partial charge in [-0.05, 0) is 18.9 Å². The number of benzene rings is 1. The quantitative estimate of drug-likeness (QED) is 0.402. The van der Waals surface area contributed by atoms with Crippen molar-refractivity contribution in [3.63, 3.8) is 0 Å². The molecule has 1 aromatic carbocycles. The molecular formula is C18H23N3O7. The van der Waals surface area contributed by atoms with Gasteiger partial charge in [-0.2, -0.15) is 0 Å². The van der Waals surface area contributed by atoms with Gasteiger partial charge in [0.15, 0.2) is 6.61 Å². The number of piperidine rings is 1. The third-order valence-corrected chi connectivity index (χ3v) is 4.60. The second-order valence-corrected chi connectivity index (χ2v) is 6.61. The standard InChI is InChI=1S/C18H23N3O7/c1-19(2)15-5-4-13(21(25)26)10-14(15)18(24)28-11-16(22)20-8-6-12(7-9-20)17(23)27-3/h4-5,10,12H,6-9,11H2,1-3H3. The number of nitrogens with zero attached hydrogens (tertiary/aromatic N) is 3. The number of nitro groups is 1. The third-order valence-electron chi connectivity index (χ3n) is 4.60. The zero-order valence-electron chi connectivity index (χ0n) is 16.0. The van der Waals surface area contributed by atoms with E-state index in [9.17, 15) is 24.5 Å². The number of non-ortho nitro benzene ring substituents is 1. The van der Waals surface area contributed by atoms with Gasteiger partial charge in [0, 0.05) is 39.3 Å². The molecule has 0 aliphatic carbocycles. The second-order valence-electron chi connectivity index (χ2n) is 6.61. The molecule has 0 atom stereocenters. The van der Waals surface area contributed by atoms with E-state index in [0.29, 0.717) is 31.6 Å². The van der Waals surface area contributed by atoms with E-state index in [4.69, 9.17) is 9.47 Å². The monoisotopic (exact) mass is 393 g/mol. The number of likely N-dealkylation sites (tertiary alicyclic amines) is 1. The summed E-state index contributed by atoms with van der Waals surface area (Å²) in [7, 11) is 4.71.